The number of Topliss-reactive ketones (excluding diaryl/α,β-unsaturated/α-hetero) is 1. The third-order valence-corrected chi connectivity index (χ3v) is 3.51. The van der Waals surface area contributed by atoms with Crippen molar-refractivity contribution in [2.24, 2.45) is 5.73 Å². The second-order valence-electron chi connectivity index (χ2n) is 4.41. The van der Waals surface area contributed by atoms with Gasteiger partial charge in [-0.3, -0.25) is 9.59 Å². The molecule has 1 unspecified atom stereocenters. The molecule has 1 aliphatic carbocycles. The number of carbonyl (C=O) groups is 2. The van der Waals surface area contributed by atoms with Gasteiger partial charge in [0.15, 0.2) is 11.6 Å². The summed E-state index contributed by atoms with van der Waals surface area (Å²) in [6.07, 6.45) is 3.55. The monoisotopic (exact) mass is 275 g/mol. The van der Waals surface area contributed by atoms with Crippen molar-refractivity contribution in [2.75, 3.05) is 0 Å². The zero-order chi connectivity index (χ0) is 13.6. The Hall–Kier alpha value is -2.14. The van der Waals surface area contributed by atoms with Gasteiger partial charge in [0.25, 0.3) is 5.91 Å². The molecule has 6 heteroatoms. The van der Waals surface area contributed by atoms with E-state index in [0.717, 1.165) is 5.56 Å². The van der Waals surface area contributed by atoms with Crippen LogP contribution in [0.15, 0.2) is 30.6 Å². The number of carbonyl (C=O) groups excluding carboxylic acids is 2. The molecule has 0 radical (unpaired) electrons. The molecule has 0 aliphatic heterocycles. The first-order valence-corrected chi connectivity index (χ1v) is 6.11. The maximum atomic E-state index is 12.3. The van der Waals surface area contributed by atoms with E-state index in [1.54, 1.807) is 24.4 Å². The van der Waals surface area contributed by atoms with Crippen molar-refractivity contribution in [2.45, 2.75) is 12.5 Å². The maximum absolute atomic E-state index is 12.3. The molecule has 1 aromatic heterocycles. The summed E-state index contributed by atoms with van der Waals surface area (Å²) in [5.74, 6) is -0.601. The fraction of sp³-hybridized carbons (Fsp3) is 0.154. The van der Waals surface area contributed by atoms with Crippen molar-refractivity contribution in [1.29, 1.82) is 0 Å². The number of nitrogens with zero attached hydrogens (tertiary/aromatic N) is 2. The van der Waals surface area contributed by atoms with E-state index in [9.17, 15) is 9.59 Å². The molecule has 1 aromatic carbocycles. The van der Waals surface area contributed by atoms with E-state index in [-0.39, 0.29) is 11.6 Å². The molecule has 1 amide bonds. The number of ketones is 1. The largest absolute Gasteiger partial charge is 0.363 e. The van der Waals surface area contributed by atoms with Crippen LogP contribution in [0.2, 0.25) is 5.02 Å². The first-order chi connectivity index (χ1) is 9.08. The highest BCUT2D eigenvalue weighted by Gasteiger charge is 2.33. The van der Waals surface area contributed by atoms with Crippen LogP contribution >= 0.6 is 11.6 Å². The smallest absolute Gasteiger partial charge is 0.284 e. The lowest BCUT2D eigenvalue weighted by molar-refractivity contribution is 0.0931. The van der Waals surface area contributed by atoms with Gasteiger partial charge in [0.1, 0.15) is 6.04 Å². The Morgan fingerprint density at radius 1 is 1.47 bits per heavy atom. The minimum atomic E-state index is -0.646. The third kappa shape index (κ3) is 1.82. The number of hydrogen-bond donors (Lipinski definition) is 1. The van der Waals surface area contributed by atoms with Crippen LogP contribution in [0.5, 0.6) is 0 Å². The summed E-state index contributed by atoms with van der Waals surface area (Å²) in [5, 5.41) is 0.591. The van der Waals surface area contributed by atoms with Crippen LogP contribution in [-0.2, 0) is 6.42 Å². The summed E-state index contributed by atoms with van der Waals surface area (Å²) in [6.45, 7) is 0. The number of primary amides is 1. The van der Waals surface area contributed by atoms with E-state index < -0.39 is 11.9 Å². The summed E-state index contributed by atoms with van der Waals surface area (Å²) in [4.78, 5) is 27.5. The minimum absolute atomic E-state index is 0.0489. The average Bonchev–Trinajstić information content (AvgIpc) is 2.94. The highest BCUT2D eigenvalue weighted by atomic mass is 35.5. The Morgan fingerprint density at radius 2 is 2.26 bits per heavy atom. The van der Waals surface area contributed by atoms with Crippen molar-refractivity contribution < 1.29 is 9.59 Å². The molecule has 1 aliphatic rings. The lowest BCUT2D eigenvalue weighted by Crippen LogP contribution is -2.23. The van der Waals surface area contributed by atoms with Crippen molar-refractivity contribution in [1.82, 2.24) is 9.55 Å². The van der Waals surface area contributed by atoms with E-state index in [1.807, 2.05) is 0 Å². The molecule has 2 N–H and O–H groups in total. The number of amides is 1. The fourth-order valence-electron chi connectivity index (χ4n) is 2.43. The van der Waals surface area contributed by atoms with Gasteiger partial charge in [-0.2, -0.15) is 0 Å². The van der Waals surface area contributed by atoms with E-state index in [2.05, 4.69) is 4.98 Å². The molecule has 2 aromatic rings. The molecule has 19 heavy (non-hydrogen) atoms. The van der Waals surface area contributed by atoms with Crippen LogP contribution in [0.3, 0.4) is 0 Å². The van der Waals surface area contributed by atoms with Crippen LogP contribution in [0.4, 0.5) is 0 Å². The van der Waals surface area contributed by atoms with Gasteiger partial charge in [-0.05, 0) is 23.8 Å². The summed E-state index contributed by atoms with van der Waals surface area (Å²) in [5.41, 5.74) is 6.77. The van der Waals surface area contributed by atoms with Crippen LogP contribution in [0.1, 0.15) is 32.6 Å². The van der Waals surface area contributed by atoms with Crippen LogP contribution in [0.25, 0.3) is 0 Å². The fourth-order valence-corrected chi connectivity index (χ4v) is 2.63. The van der Waals surface area contributed by atoms with Crippen molar-refractivity contribution in [3.63, 3.8) is 0 Å². The molecular formula is C13H10ClN3O2. The Kier molecular flexibility index (Phi) is 2.64. The van der Waals surface area contributed by atoms with Crippen molar-refractivity contribution >= 4 is 23.3 Å². The number of nitrogens with two attached hydrogens (primary N) is 1. The second-order valence-corrected chi connectivity index (χ2v) is 4.84. The standard InChI is InChI=1S/C13H10ClN3O2/c14-8-1-2-9-7(5-8)6-10(11(9)18)17-4-3-16-13(17)12(15)19/h1-5,10H,6H2,(H2,15,19). The summed E-state index contributed by atoms with van der Waals surface area (Å²) in [6, 6.07) is 4.69. The molecule has 1 atom stereocenters. The molecule has 0 saturated carbocycles. The van der Waals surface area contributed by atoms with Crippen LogP contribution in [0, 0.1) is 0 Å². The number of imidazole rings is 1. The normalized spacial score (nSPS) is 17.5. The number of benzene rings is 1. The highest BCUT2D eigenvalue weighted by Crippen LogP contribution is 2.32. The zero-order valence-corrected chi connectivity index (χ0v) is 10.6. The predicted molar refractivity (Wildman–Crippen MR) is 69.3 cm³/mol. The number of rotatable bonds is 2. The SMILES string of the molecule is NC(=O)c1nccn1C1Cc2cc(Cl)ccc2C1=O. The van der Waals surface area contributed by atoms with Crippen LogP contribution < -0.4 is 5.73 Å². The summed E-state index contributed by atoms with van der Waals surface area (Å²) < 4.78 is 1.53. The topological polar surface area (TPSA) is 78.0 Å². The van der Waals surface area contributed by atoms with Gasteiger partial charge in [-0.25, -0.2) is 4.98 Å². The number of fused-ring (bicyclic) bond motifs is 1. The zero-order valence-electron chi connectivity index (χ0n) is 9.84. The van der Waals surface area contributed by atoms with Crippen molar-refractivity contribution in [3.8, 4) is 0 Å². The van der Waals surface area contributed by atoms with Gasteiger partial charge >= 0.3 is 0 Å². The molecule has 0 bridgehead atoms. The molecule has 1 heterocycles. The number of hydrogen-bond acceptors (Lipinski definition) is 3. The number of halogens is 1. The van der Waals surface area contributed by atoms with Gasteiger partial charge in [0, 0.05) is 29.4 Å². The Bertz CT molecular complexity index is 693. The quantitative estimate of drug-likeness (QED) is 0.904. The van der Waals surface area contributed by atoms with Gasteiger partial charge in [-0.15, -0.1) is 0 Å². The molecule has 5 nitrogen and oxygen atoms in total. The van der Waals surface area contributed by atoms with E-state index in [0.29, 0.717) is 17.0 Å². The first-order valence-electron chi connectivity index (χ1n) is 5.73. The molecule has 3 rings (SSSR count). The van der Waals surface area contributed by atoms with E-state index in [4.69, 9.17) is 17.3 Å². The maximum Gasteiger partial charge on any atom is 0.284 e. The number of aromatic nitrogens is 2. The Labute approximate surface area is 114 Å². The average molecular weight is 276 g/mol. The molecule has 0 spiro atoms. The van der Waals surface area contributed by atoms with Crippen molar-refractivity contribution in [3.05, 3.63) is 52.6 Å². The van der Waals surface area contributed by atoms with Gasteiger partial charge in [-0.1, -0.05) is 11.6 Å². The highest BCUT2D eigenvalue weighted by molar-refractivity contribution is 6.30. The molecule has 0 fully saturated rings. The van der Waals surface area contributed by atoms with Gasteiger partial charge < -0.3 is 10.3 Å². The first kappa shape index (κ1) is 11.9. The van der Waals surface area contributed by atoms with Gasteiger partial charge in [0.05, 0.1) is 0 Å². The van der Waals surface area contributed by atoms with Crippen LogP contribution in [-0.4, -0.2) is 21.2 Å². The van der Waals surface area contributed by atoms with E-state index >= 15 is 0 Å². The van der Waals surface area contributed by atoms with Gasteiger partial charge in [0.2, 0.25) is 0 Å². The third-order valence-electron chi connectivity index (χ3n) is 3.27. The lowest BCUT2D eigenvalue weighted by Gasteiger charge is -2.11. The minimum Gasteiger partial charge on any atom is -0.363 e. The Balaban J connectivity index is 2.04. The second kappa shape index (κ2) is 4.20. The summed E-state index contributed by atoms with van der Waals surface area (Å²) >= 11 is 5.92. The summed E-state index contributed by atoms with van der Waals surface area (Å²) in [7, 11) is 0. The lowest BCUT2D eigenvalue weighted by atomic mass is 10.1. The van der Waals surface area contributed by atoms with E-state index in [1.165, 1.54) is 10.8 Å². The predicted octanol–water partition coefficient (Wildman–Crippen LogP) is 1.62. The molecule has 0 saturated heterocycles. The molecule has 96 valence electrons. The Morgan fingerprint density at radius 3 is 3.00 bits per heavy atom. The molecular weight excluding hydrogens is 266 g/mol.